The average molecular weight is 267 g/mol. The van der Waals surface area contributed by atoms with Gasteiger partial charge in [0, 0.05) is 9.39 Å². The summed E-state index contributed by atoms with van der Waals surface area (Å²) in [5, 5.41) is 1.48. The van der Waals surface area contributed by atoms with E-state index < -0.39 is 9.84 Å². The maximum Gasteiger partial charge on any atom is 0.162 e. The normalized spacial score (nSPS) is 32.2. The lowest BCUT2D eigenvalue weighted by Gasteiger charge is -2.17. The van der Waals surface area contributed by atoms with Gasteiger partial charge in [0.05, 0.1) is 5.75 Å². The molecule has 1 atom stereocenters. The summed E-state index contributed by atoms with van der Waals surface area (Å²) in [6.45, 7) is 0. The summed E-state index contributed by atoms with van der Waals surface area (Å²) >= 11 is 4.79. The molecule has 2 heterocycles. The summed E-state index contributed by atoms with van der Waals surface area (Å²) in [6.07, 6.45) is 2.68. The van der Waals surface area contributed by atoms with Gasteiger partial charge < -0.3 is 0 Å². The van der Waals surface area contributed by atoms with Crippen LogP contribution in [0.25, 0.3) is 0 Å². The fourth-order valence-corrected chi connectivity index (χ4v) is 5.99. The highest BCUT2D eigenvalue weighted by atomic mass is 79.9. The Bertz CT molecular complexity index is 367. The molecule has 0 aliphatic carbocycles. The standard InChI is InChI=1S/C7H7BrO2S2/c8-5-4-11-6-2-1-3-12(9,10)7(5)6/h2,4,7H,1,3H2. The summed E-state index contributed by atoms with van der Waals surface area (Å²) in [6, 6.07) is 0. The van der Waals surface area contributed by atoms with Gasteiger partial charge in [-0.2, -0.15) is 0 Å². The molecule has 2 rings (SSSR count). The van der Waals surface area contributed by atoms with Crippen molar-refractivity contribution in [3.63, 3.8) is 0 Å². The fraction of sp³-hybridized carbons (Fsp3) is 0.429. The number of fused-ring (bicyclic) bond motifs is 1. The van der Waals surface area contributed by atoms with E-state index >= 15 is 0 Å². The number of thioether (sulfide) groups is 1. The molecule has 0 fully saturated rings. The first-order valence-electron chi connectivity index (χ1n) is 3.55. The third-order valence-corrected chi connectivity index (χ3v) is 6.44. The lowest BCUT2D eigenvalue weighted by atomic mass is 10.3. The van der Waals surface area contributed by atoms with E-state index in [2.05, 4.69) is 15.9 Å². The number of halogens is 1. The van der Waals surface area contributed by atoms with Crippen LogP contribution in [-0.2, 0) is 9.84 Å². The van der Waals surface area contributed by atoms with E-state index in [0.717, 1.165) is 9.39 Å². The predicted molar refractivity (Wildman–Crippen MR) is 54.9 cm³/mol. The Morgan fingerprint density at radius 2 is 2.33 bits per heavy atom. The van der Waals surface area contributed by atoms with Gasteiger partial charge in [-0.1, -0.05) is 22.0 Å². The second-order valence-electron chi connectivity index (χ2n) is 2.76. The number of hydrogen-bond acceptors (Lipinski definition) is 3. The molecule has 0 radical (unpaired) electrons. The van der Waals surface area contributed by atoms with Crippen molar-refractivity contribution in [1.29, 1.82) is 0 Å². The Kier molecular flexibility index (Phi) is 2.13. The zero-order valence-corrected chi connectivity index (χ0v) is 9.38. The molecule has 0 saturated carbocycles. The van der Waals surface area contributed by atoms with Crippen LogP contribution in [-0.4, -0.2) is 19.4 Å². The number of hydrogen-bond donors (Lipinski definition) is 0. The minimum atomic E-state index is -2.91. The van der Waals surface area contributed by atoms with Crippen molar-refractivity contribution in [3.8, 4) is 0 Å². The second-order valence-corrected chi connectivity index (χ2v) is 6.83. The monoisotopic (exact) mass is 266 g/mol. The van der Waals surface area contributed by atoms with Gasteiger partial charge in [-0.25, -0.2) is 8.42 Å². The van der Waals surface area contributed by atoms with Gasteiger partial charge in [0.2, 0.25) is 0 Å². The molecular formula is C7H7BrO2S2. The van der Waals surface area contributed by atoms with Crippen LogP contribution in [0, 0.1) is 0 Å². The van der Waals surface area contributed by atoms with Crippen molar-refractivity contribution in [1.82, 2.24) is 0 Å². The molecule has 0 spiro atoms. The summed E-state index contributed by atoms with van der Waals surface area (Å²) in [5.41, 5.74) is 0. The Balaban J connectivity index is 2.51. The minimum Gasteiger partial charge on any atom is -0.228 e. The van der Waals surface area contributed by atoms with Crippen LogP contribution >= 0.6 is 27.7 Å². The first kappa shape index (κ1) is 8.84. The number of allylic oxidation sites excluding steroid dienone is 1. The first-order valence-corrected chi connectivity index (χ1v) is 6.94. The first-order chi connectivity index (χ1) is 5.61. The molecule has 0 saturated heterocycles. The second kappa shape index (κ2) is 2.89. The van der Waals surface area contributed by atoms with Crippen molar-refractivity contribution in [3.05, 3.63) is 20.9 Å². The molecule has 0 amide bonds. The van der Waals surface area contributed by atoms with Crippen LogP contribution in [0.5, 0.6) is 0 Å². The topological polar surface area (TPSA) is 34.1 Å². The molecule has 1 unspecified atom stereocenters. The van der Waals surface area contributed by atoms with Gasteiger partial charge in [-0.15, -0.1) is 11.8 Å². The highest BCUT2D eigenvalue weighted by molar-refractivity contribution is 9.12. The summed E-state index contributed by atoms with van der Waals surface area (Å²) < 4.78 is 23.9. The van der Waals surface area contributed by atoms with Crippen molar-refractivity contribution in [2.45, 2.75) is 11.7 Å². The van der Waals surface area contributed by atoms with Crippen LogP contribution < -0.4 is 0 Å². The highest BCUT2D eigenvalue weighted by Crippen LogP contribution is 2.43. The van der Waals surface area contributed by atoms with Gasteiger partial charge in [0.15, 0.2) is 9.84 Å². The predicted octanol–water partition coefficient (Wildman–Crippen LogP) is 2.04. The third-order valence-electron chi connectivity index (χ3n) is 1.92. The zero-order valence-electron chi connectivity index (χ0n) is 6.16. The maximum absolute atomic E-state index is 11.5. The Morgan fingerprint density at radius 3 is 3.00 bits per heavy atom. The Hall–Kier alpha value is 0.260. The van der Waals surface area contributed by atoms with E-state index in [-0.39, 0.29) is 11.0 Å². The van der Waals surface area contributed by atoms with Gasteiger partial charge in [-0.3, -0.25) is 0 Å². The molecular weight excluding hydrogens is 260 g/mol. The molecule has 2 aliphatic rings. The quantitative estimate of drug-likeness (QED) is 0.673. The molecule has 0 bridgehead atoms. The van der Waals surface area contributed by atoms with Gasteiger partial charge in [-0.05, 0) is 11.8 Å². The smallest absolute Gasteiger partial charge is 0.162 e. The molecule has 66 valence electrons. The molecule has 12 heavy (non-hydrogen) atoms. The largest absolute Gasteiger partial charge is 0.228 e. The highest BCUT2D eigenvalue weighted by Gasteiger charge is 2.37. The van der Waals surface area contributed by atoms with Crippen molar-refractivity contribution in [2.75, 3.05) is 5.75 Å². The van der Waals surface area contributed by atoms with Crippen LogP contribution in [0.15, 0.2) is 20.9 Å². The Labute approximate surface area is 84.2 Å². The van der Waals surface area contributed by atoms with E-state index in [4.69, 9.17) is 0 Å². The Morgan fingerprint density at radius 1 is 1.58 bits per heavy atom. The van der Waals surface area contributed by atoms with E-state index in [1.54, 1.807) is 0 Å². The maximum atomic E-state index is 11.5. The summed E-state index contributed by atoms with van der Waals surface area (Å²) in [7, 11) is -2.91. The molecule has 2 aliphatic heterocycles. The van der Waals surface area contributed by atoms with Crippen LogP contribution in [0.3, 0.4) is 0 Å². The van der Waals surface area contributed by atoms with Crippen molar-refractivity contribution < 1.29 is 8.42 Å². The van der Waals surface area contributed by atoms with E-state index in [1.807, 2.05) is 11.5 Å². The molecule has 0 N–H and O–H groups in total. The lowest BCUT2D eigenvalue weighted by molar-refractivity contribution is 0.591. The average Bonchev–Trinajstić information content (AvgIpc) is 2.32. The molecule has 0 aromatic rings. The van der Waals surface area contributed by atoms with Crippen LogP contribution in [0.4, 0.5) is 0 Å². The van der Waals surface area contributed by atoms with Gasteiger partial charge in [0.1, 0.15) is 5.25 Å². The van der Waals surface area contributed by atoms with Gasteiger partial charge >= 0.3 is 0 Å². The molecule has 2 nitrogen and oxygen atoms in total. The minimum absolute atomic E-state index is 0.282. The van der Waals surface area contributed by atoms with Crippen molar-refractivity contribution in [2.24, 2.45) is 0 Å². The van der Waals surface area contributed by atoms with Crippen LogP contribution in [0.1, 0.15) is 6.42 Å². The van der Waals surface area contributed by atoms with E-state index in [9.17, 15) is 8.42 Å². The van der Waals surface area contributed by atoms with E-state index in [1.165, 1.54) is 11.8 Å². The van der Waals surface area contributed by atoms with Crippen molar-refractivity contribution >= 4 is 37.5 Å². The third kappa shape index (κ3) is 1.28. The van der Waals surface area contributed by atoms with E-state index in [0.29, 0.717) is 6.42 Å². The SMILES string of the molecule is O=S1(=O)CCC=C2SC=C(Br)C21. The summed E-state index contributed by atoms with van der Waals surface area (Å²) in [5.74, 6) is 0.282. The summed E-state index contributed by atoms with van der Waals surface area (Å²) in [4.78, 5) is 0.966. The zero-order chi connectivity index (χ0) is 8.77. The molecule has 0 aromatic carbocycles. The lowest BCUT2D eigenvalue weighted by Crippen LogP contribution is -2.26. The van der Waals surface area contributed by atoms with Crippen LogP contribution in [0.2, 0.25) is 0 Å². The van der Waals surface area contributed by atoms with Gasteiger partial charge in [0.25, 0.3) is 0 Å². The molecule has 5 heteroatoms. The fourth-order valence-electron chi connectivity index (χ4n) is 1.37. The number of sulfone groups is 1. The molecule has 0 aromatic heterocycles. The number of rotatable bonds is 0.